The largest absolute Gasteiger partial charge is 0.454 e. The molecule has 19 heavy (non-hydrogen) atoms. The molecule has 0 saturated heterocycles. The molecular formula is C14H12Cl2N2O. The van der Waals surface area contributed by atoms with Gasteiger partial charge in [-0.15, -0.1) is 0 Å². The molecule has 98 valence electrons. The molecule has 1 aliphatic heterocycles. The highest BCUT2D eigenvalue weighted by Crippen LogP contribution is 2.56. The molecule has 0 amide bonds. The Labute approximate surface area is 121 Å². The second-order valence-electron chi connectivity index (χ2n) is 4.57. The van der Waals surface area contributed by atoms with E-state index in [0.717, 1.165) is 5.56 Å². The van der Waals surface area contributed by atoms with Crippen molar-refractivity contribution in [3.63, 3.8) is 0 Å². The Balaban J connectivity index is 2.34. The van der Waals surface area contributed by atoms with Crippen LogP contribution in [0.3, 0.4) is 0 Å². The third-order valence-electron chi connectivity index (χ3n) is 3.34. The first-order valence-corrected chi connectivity index (χ1v) is 6.52. The molecule has 1 heterocycles. The van der Waals surface area contributed by atoms with E-state index in [1.807, 2.05) is 13.0 Å². The number of hydrogen-bond donors (Lipinski definition) is 2. The summed E-state index contributed by atoms with van der Waals surface area (Å²) in [6.45, 7) is 1.90. The number of halogens is 2. The van der Waals surface area contributed by atoms with Crippen LogP contribution in [0.25, 0.3) is 0 Å². The number of para-hydroxylation sites is 1. The van der Waals surface area contributed by atoms with E-state index in [4.69, 9.17) is 39.4 Å². The van der Waals surface area contributed by atoms with Gasteiger partial charge in [0.15, 0.2) is 10.1 Å². The Morgan fingerprint density at radius 3 is 2.58 bits per heavy atom. The molecule has 0 unspecified atom stereocenters. The number of fused-ring (bicyclic) bond motifs is 2. The van der Waals surface area contributed by atoms with Crippen molar-refractivity contribution in [1.29, 1.82) is 0 Å². The number of aryl methyl sites for hydroxylation is 1. The van der Waals surface area contributed by atoms with Gasteiger partial charge >= 0.3 is 0 Å². The fraction of sp³-hybridized carbons (Fsp3) is 0.143. The van der Waals surface area contributed by atoms with Crippen LogP contribution in [0.2, 0.25) is 0 Å². The van der Waals surface area contributed by atoms with Crippen molar-refractivity contribution in [3.05, 3.63) is 47.0 Å². The smallest absolute Gasteiger partial charge is 0.177 e. The lowest BCUT2D eigenvalue weighted by atomic mass is 9.95. The van der Waals surface area contributed by atoms with E-state index in [9.17, 15) is 0 Å². The lowest BCUT2D eigenvalue weighted by Crippen LogP contribution is -2.22. The number of anilines is 2. The van der Waals surface area contributed by atoms with Gasteiger partial charge in [0.25, 0.3) is 0 Å². The highest BCUT2D eigenvalue weighted by atomic mass is 35.5. The van der Waals surface area contributed by atoms with E-state index in [0.29, 0.717) is 34.0 Å². The van der Waals surface area contributed by atoms with E-state index >= 15 is 0 Å². The third kappa shape index (κ3) is 1.66. The summed E-state index contributed by atoms with van der Waals surface area (Å²) in [4.78, 5) is 0. The van der Waals surface area contributed by atoms with Crippen molar-refractivity contribution in [2.24, 2.45) is 0 Å². The molecule has 0 spiro atoms. The van der Waals surface area contributed by atoms with E-state index in [1.54, 1.807) is 24.3 Å². The van der Waals surface area contributed by atoms with Crippen LogP contribution in [0.4, 0.5) is 11.4 Å². The first-order chi connectivity index (χ1) is 8.93. The first kappa shape index (κ1) is 12.5. The molecule has 0 radical (unpaired) electrons. The topological polar surface area (TPSA) is 61.3 Å². The fourth-order valence-electron chi connectivity index (χ4n) is 2.27. The Morgan fingerprint density at radius 2 is 1.84 bits per heavy atom. The number of ether oxygens (including phenoxy) is 1. The van der Waals surface area contributed by atoms with Crippen molar-refractivity contribution in [2.45, 2.75) is 11.3 Å². The molecular weight excluding hydrogens is 283 g/mol. The molecule has 0 atom stereocenters. The lowest BCUT2D eigenvalue weighted by molar-refractivity contribution is 0.456. The van der Waals surface area contributed by atoms with Gasteiger partial charge < -0.3 is 16.2 Å². The molecule has 0 aliphatic carbocycles. The predicted octanol–water partition coefficient (Wildman–Crippen LogP) is 3.94. The molecule has 1 aliphatic rings. The van der Waals surface area contributed by atoms with Gasteiger partial charge in [0.05, 0.1) is 11.3 Å². The van der Waals surface area contributed by atoms with Gasteiger partial charge in [-0.2, -0.15) is 0 Å². The third-order valence-corrected chi connectivity index (χ3v) is 4.12. The molecule has 0 bridgehead atoms. The minimum Gasteiger partial charge on any atom is -0.454 e. The lowest BCUT2D eigenvalue weighted by Gasteiger charge is -2.32. The summed E-state index contributed by atoms with van der Waals surface area (Å²) < 4.78 is 4.54. The molecule has 5 heteroatoms. The zero-order valence-corrected chi connectivity index (χ0v) is 11.7. The van der Waals surface area contributed by atoms with Crippen molar-refractivity contribution in [1.82, 2.24) is 0 Å². The highest BCUT2D eigenvalue weighted by molar-refractivity contribution is 6.51. The fourth-order valence-corrected chi connectivity index (χ4v) is 2.96. The van der Waals surface area contributed by atoms with Gasteiger partial charge in [-0.05, 0) is 24.6 Å². The van der Waals surface area contributed by atoms with Gasteiger partial charge in [-0.3, -0.25) is 0 Å². The quantitative estimate of drug-likeness (QED) is 0.571. The van der Waals surface area contributed by atoms with Crippen LogP contribution in [-0.4, -0.2) is 0 Å². The minimum absolute atomic E-state index is 0.489. The van der Waals surface area contributed by atoms with Crippen LogP contribution in [0, 0.1) is 6.92 Å². The van der Waals surface area contributed by atoms with Gasteiger partial charge in [0.2, 0.25) is 0 Å². The number of nitrogen functional groups attached to an aromatic ring is 2. The number of alkyl halides is 2. The van der Waals surface area contributed by atoms with Crippen LogP contribution in [0.5, 0.6) is 11.5 Å². The zero-order valence-electron chi connectivity index (χ0n) is 10.2. The van der Waals surface area contributed by atoms with Crippen LogP contribution in [-0.2, 0) is 4.33 Å². The summed E-state index contributed by atoms with van der Waals surface area (Å²) in [6, 6.07) is 8.98. The Kier molecular flexibility index (Phi) is 2.59. The van der Waals surface area contributed by atoms with E-state index < -0.39 is 4.33 Å². The Hall–Kier alpha value is -1.58. The Bertz CT molecular complexity index is 683. The van der Waals surface area contributed by atoms with E-state index in [-0.39, 0.29) is 0 Å². The molecule has 2 aromatic carbocycles. The van der Waals surface area contributed by atoms with Crippen LogP contribution in [0.15, 0.2) is 30.3 Å². The van der Waals surface area contributed by atoms with Gasteiger partial charge in [0, 0.05) is 11.3 Å². The zero-order chi connectivity index (χ0) is 13.8. The van der Waals surface area contributed by atoms with Crippen LogP contribution in [0.1, 0.15) is 16.7 Å². The van der Waals surface area contributed by atoms with E-state index in [1.165, 1.54) is 0 Å². The van der Waals surface area contributed by atoms with Crippen LogP contribution < -0.4 is 16.2 Å². The summed E-state index contributed by atoms with van der Waals surface area (Å²) in [5, 5.41) is 0. The molecule has 3 rings (SSSR count). The second kappa shape index (κ2) is 3.95. The average molecular weight is 295 g/mol. The second-order valence-corrected chi connectivity index (χ2v) is 5.90. The maximum Gasteiger partial charge on any atom is 0.177 e. The molecule has 3 nitrogen and oxygen atoms in total. The van der Waals surface area contributed by atoms with Crippen molar-refractivity contribution in [3.8, 4) is 11.5 Å². The van der Waals surface area contributed by atoms with Gasteiger partial charge in [-0.1, -0.05) is 41.4 Å². The molecule has 4 N–H and O–H groups in total. The maximum absolute atomic E-state index is 6.53. The summed E-state index contributed by atoms with van der Waals surface area (Å²) in [5.74, 6) is 1.03. The number of rotatable bonds is 0. The molecule has 2 aromatic rings. The van der Waals surface area contributed by atoms with Gasteiger partial charge in [0.1, 0.15) is 5.75 Å². The van der Waals surface area contributed by atoms with Crippen LogP contribution >= 0.6 is 23.2 Å². The van der Waals surface area contributed by atoms with Gasteiger partial charge in [-0.25, -0.2) is 0 Å². The van der Waals surface area contributed by atoms with Crippen molar-refractivity contribution >= 4 is 34.6 Å². The van der Waals surface area contributed by atoms with Crippen molar-refractivity contribution in [2.75, 3.05) is 11.5 Å². The normalized spacial score (nSPS) is 15.3. The maximum atomic E-state index is 6.53. The minimum atomic E-state index is -1.27. The Morgan fingerprint density at radius 1 is 1.11 bits per heavy atom. The summed E-state index contributed by atoms with van der Waals surface area (Å²) >= 11 is 13.1. The number of hydrogen-bond acceptors (Lipinski definition) is 3. The standard InChI is InChI=1S/C14H12Cl2N2O/c1-7-5-6-10-11(12(7)18)14(15,16)8-3-2-4-9(17)13(8)19-10/h2-6H,17-18H2,1H3. The predicted molar refractivity (Wildman–Crippen MR) is 79.0 cm³/mol. The number of nitrogens with two attached hydrogens (primary N) is 2. The number of benzene rings is 2. The first-order valence-electron chi connectivity index (χ1n) is 5.77. The molecule has 0 saturated carbocycles. The molecule has 0 fully saturated rings. The highest BCUT2D eigenvalue weighted by Gasteiger charge is 2.41. The average Bonchev–Trinajstić information content (AvgIpc) is 2.35. The monoisotopic (exact) mass is 294 g/mol. The molecule has 0 aromatic heterocycles. The summed E-state index contributed by atoms with van der Waals surface area (Å²) in [7, 11) is 0. The summed E-state index contributed by atoms with van der Waals surface area (Å²) in [5.41, 5.74) is 15.1. The SMILES string of the molecule is Cc1ccc2c(c1N)C(Cl)(Cl)c1cccc(N)c1O2. The van der Waals surface area contributed by atoms with Crippen molar-refractivity contribution < 1.29 is 4.74 Å². The van der Waals surface area contributed by atoms with E-state index in [2.05, 4.69) is 0 Å². The summed E-state index contributed by atoms with van der Waals surface area (Å²) in [6.07, 6.45) is 0.